The quantitative estimate of drug-likeness (QED) is 0.735. The largest absolute Gasteiger partial charge is 0.442 e. The van der Waals surface area contributed by atoms with Crippen molar-refractivity contribution >= 4 is 0 Å². The monoisotopic (exact) mass is 170 g/mol. The van der Waals surface area contributed by atoms with Crippen molar-refractivity contribution < 1.29 is 9.15 Å². The molecule has 0 aliphatic carbocycles. The van der Waals surface area contributed by atoms with E-state index in [0.717, 1.165) is 5.76 Å². The normalized spacial score (nSPS) is 13.2. The first-order chi connectivity index (χ1) is 5.77. The maximum atomic E-state index is 5.38. The van der Waals surface area contributed by atoms with Gasteiger partial charge in [-0.15, -0.1) is 0 Å². The molecule has 1 rings (SSSR count). The molecule has 0 aliphatic heterocycles. The third-order valence-corrected chi connectivity index (χ3v) is 1.66. The molecule has 0 bridgehead atoms. The van der Waals surface area contributed by atoms with Crippen molar-refractivity contribution in [3.8, 4) is 0 Å². The van der Waals surface area contributed by atoms with Gasteiger partial charge in [0.1, 0.15) is 12.4 Å². The van der Waals surface area contributed by atoms with Gasteiger partial charge in [-0.25, -0.2) is 4.98 Å². The summed E-state index contributed by atoms with van der Waals surface area (Å²) in [6, 6.07) is 0.149. The molecule has 0 spiro atoms. The summed E-state index contributed by atoms with van der Waals surface area (Å²) in [6.45, 7) is 2.46. The molecule has 0 aromatic carbocycles. The number of aromatic nitrogens is 1. The molecular weight excluding hydrogens is 156 g/mol. The van der Waals surface area contributed by atoms with E-state index < -0.39 is 0 Å². The number of oxazole rings is 1. The molecule has 4 nitrogen and oxygen atoms in total. The van der Waals surface area contributed by atoms with Crippen LogP contribution in [0.15, 0.2) is 10.6 Å². The average Bonchev–Trinajstić information content (AvgIpc) is 2.52. The summed E-state index contributed by atoms with van der Waals surface area (Å²) in [5.74, 6) is 1.46. The summed E-state index contributed by atoms with van der Waals surface area (Å²) in [7, 11) is 3.49. The van der Waals surface area contributed by atoms with Crippen molar-refractivity contribution in [3.63, 3.8) is 0 Å². The number of methoxy groups -OCH3 is 1. The van der Waals surface area contributed by atoms with E-state index in [0.29, 0.717) is 12.5 Å². The van der Waals surface area contributed by atoms with Crippen molar-refractivity contribution in [3.05, 3.63) is 17.8 Å². The van der Waals surface area contributed by atoms with E-state index in [1.54, 1.807) is 13.3 Å². The van der Waals surface area contributed by atoms with E-state index in [1.807, 2.05) is 14.0 Å². The molecule has 0 aliphatic rings. The maximum Gasteiger partial charge on any atom is 0.211 e. The van der Waals surface area contributed by atoms with Crippen LogP contribution in [0.25, 0.3) is 0 Å². The summed E-state index contributed by atoms with van der Waals surface area (Å²) >= 11 is 0. The minimum Gasteiger partial charge on any atom is -0.442 e. The molecule has 1 heterocycles. The van der Waals surface area contributed by atoms with E-state index in [9.17, 15) is 0 Å². The Labute approximate surface area is 71.9 Å². The topological polar surface area (TPSA) is 47.3 Å². The zero-order chi connectivity index (χ0) is 8.97. The van der Waals surface area contributed by atoms with E-state index in [2.05, 4.69) is 10.3 Å². The smallest absolute Gasteiger partial charge is 0.211 e. The molecule has 0 fully saturated rings. The van der Waals surface area contributed by atoms with Crippen LogP contribution in [-0.2, 0) is 11.3 Å². The average molecular weight is 170 g/mol. The van der Waals surface area contributed by atoms with Gasteiger partial charge in [-0.3, -0.25) is 0 Å². The predicted molar refractivity (Wildman–Crippen MR) is 44.7 cm³/mol. The minimum absolute atomic E-state index is 0.149. The first-order valence-electron chi connectivity index (χ1n) is 3.88. The molecule has 0 amide bonds. The molecule has 1 atom stereocenters. The van der Waals surface area contributed by atoms with Gasteiger partial charge in [0.2, 0.25) is 5.89 Å². The standard InChI is InChI=1S/C8H14N2O2/c1-6(9-2)8-10-4-7(12-8)5-11-3/h4,6,9H,5H2,1-3H3. The second-order valence-corrected chi connectivity index (χ2v) is 2.61. The summed E-state index contributed by atoms with van der Waals surface area (Å²) in [4.78, 5) is 4.10. The summed E-state index contributed by atoms with van der Waals surface area (Å²) in [6.07, 6.45) is 1.69. The number of ether oxygens (including phenoxy) is 1. The Hall–Kier alpha value is -0.870. The molecule has 1 unspecified atom stereocenters. The lowest BCUT2D eigenvalue weighted by Crippen LogP contribution is -2.12. The molecule has 0 saturated heterocycles. The Morgan fingerprint density at radius 2 is 2.50 bits per heavy atom. The number of hydrogen-bond acceptors (Lipinski definition) is 4. The van der Waals surface area contributed by atoms with E-state index in [-0.39, 0.29) is 6.04 Å². The van der Waals surface area contributed by atoms with Gasteiger partial charge >= 0.3 is 0 Å². The summed E-state index contributed by atoms with van der Waals surface area (Å²) < 4.78 is 10.3. The Morgan fingerprint density at radius 1 is 1.75 bits per heavy atom. The number of hydrogen-bond donors (Lipinski definition) is 1. The molecular formula is C8H14N2O2. The second kappa shape index (κ2) is 4.23. The minimum atomic E-state index is 0.149. The summed E-state index contributed by atoms with van der Waals surface area (Å²) in [5.41, 5.74) is 0. The van der Waals surface area contributed by atoms with Crippen LogP contribution in [0.4, 0.5) is 0 Å². The molecule has 0 radical (unpaired) electrons. The molecule has 12 heavy (non-hydrogen) atoms. The SMILES string of the molecule is CNC(C)c1ncc(COC)o1. The number of nitrogens with one attached hydrogen (secondary N) is 1. The molecule has 68 valence electrons. The Bertz CT molecular complexity index is 235. The highest BCUT2D eigenvalue weighted by Crippen LogP contribution is 2.12. The fraction of sp³-hybridized carbons (Fsp3) is 0.625. The highest BCUT2D eigenvalue weighted by molar-refractivity contribution is 4.95. The van der Waals surface area contributed by atoms with Gasteiger partial charge in [-0.05, 0) is 14.0 Å². The zero-order valence-corrected chi connectivity index (χ0v) is 7.63. The fourth-order valence-corrected chi connectivity index (χ4v) is 0.855. The lowest BCUT2D eigenvalue weighted by atomic mass is 10.3. The van der Waals surface area contributed by atoms with Gasteiger partial charge in [-0.2, -0.15) is 0 Å². The molecule has 0 saturated carbocycles. The van der Waals surface area contributed by atoms with Gasteiger partial charge in [0.25, 0.3) is 0 Å². The van der Waals surface area contributed by atoms with Crippen LogP contribution in [0.2, 0.25) is 0 Å². The van der Waals surface area contributed by atoms with Crippen molar-refractivity contribution in [1.29, 1.82) is 0 Å². The van der Waals surface area contributed by atoms with Crippen molar-refractivity contribution in [2.24, 2.45) is 0 Å². The van der Waals surface area contributed by atoms with Gasteiger partial charge in [0, 0.05) is 7.11 Å². The van der Waals surface area contributed by atoms with E-state index in [4.69, 9.17) is 9.15 Å². The van der Waals surface area contributed by atoms with Crippen molar-refractivity contribution in [2.75, 3.05) is 14.2 Å². The van der Waals surface area contributed by atoms with Crippen LogP contribution in [0, 0.1) is 0 Å². The summed E-state index contributed by atoms with van der Waals surface area (Å²) in [5, 5.41) is 3.04. The molecule has 4 heteroatoms. The zero-order valence-electron chi connectivity index (χ0n) is 7.63. The van der Waals surface area contributed by atoms with Crippen LogP contribution >= 0.6 is 0 Å². The van der Waals surface area contributed by atoms with Crippen LogP contribution in [0.1, 0.15) is 24.6 Å². The lowest BCUT2D eigenvalue weighted by Gasteiger charge is -2.03. The second-order valence-electron chi connectivity index (χ2n) is 2.61. The van der Waals surface area contributed by atoms with Crippen LogP contribution in [0.3, 0.4) is 0 Å². The van der Waals surface area contributed by atoms with Crippen LogP contribution < -0.4 is 5.32 Å². The lowest BCUT2D eigenvalue weighted by molar-refractivity contribution is 0.161. The Balaban J connectivity index is 2.63. The Kier molecular flexibility index (Phi) is 3.25. The van der Waals surface area contributed by atoms with Crippen LogP contribution in [-0.4, -0.2) is 19.1 Å². The highest BCUT2D eigenvalue weighted by atomic mass is 16.5. The molecule has 1 N–H and O–H groups in total. The fourth-order valence-electron chi connectivity index (χ4n) is 0.855. The first-order valence-corrected chi connectivity index (χ1v) is 3.88. The molecule has 1 aromatic rings. The van der Waals surface area contributed by atoms with E-state index in [1.165, 1.54) is 0 Å². The van der Waals surface area contributed by atoms with Gasteiger partial charge in [0.05, 0.1) is 12.2 Å². The number of rotatable bonds is 4. The van der Waals surface area contributed by atoms with Crippen molar-refractivity contribution in [2.45, 2.75) is 19.6 Å². The van der Waals surface area contributed by atoms with Crippen LogP contribution in [0.5, 0.6) is 0 Å². The van der Waals surface area contributed by atoms with Gasteiger partial charge < -0.3 is 14.5 Å². The van der Waals surface area contributed by atoms with Gasteiger partial charge in [-0.1, -0.05) is 0 Å². The molecule has 1 aromatic heterocycles. The maximum absolute atomic E-state index is 5.38. The van der Waals surface area contributed by atoms with Crippen molar-refractivity contribution in [1.82, 2.24) is 10.3 Å². The Morgan fingerprint density at radius 3 is 3.08 bits per heavy atom. The first kappa shape index (κ1) is 9.22. The third-order valence-electron chi connectivity index (χ3n) is 1.66. The number of nitrogens with zero attached hydrogens (tertiary/aromatic N) is 1. The van der Waals surface area contributed by atoms with E-state index >= 15 is 0 Å². The van der Waals surface area contributed by atoms with Gasteiger partial charge in [0.15, 0.2) is 0 Å². The third kappa shape index (κ3) is 2.06. The predicted octanol–water partition coefficient (Wildman–Crippen LogP) is 1.10. The highest BCUT2D eigenvalue weighted by Gasteiger charge is 2.09.